The molecule has 1 atom stereocenters. The fourth-order valence-corrected chi connectivity index (χ4v) is 4.47. The van der Waals surface area contributed by atoms with Crippen molar-refractivity contribution < 1.29 is 4.42 Å². The number of oxazole rings is 1. The van der Waals surface area contributed by atoms with Crippen molar-refractivity contribution in [2.45, 2.75) is 31.8 Å². The molecule has 3 nitrogen and oxygen atoms in total. The van der Waals surface area contributed by atoms with E-state index >= 15 is 0 Å². The summed E-state index contributed by atoms with van der Waals surface area (Å²) in [6.07, 6.45) is 5.47. The van der Waals surface area contributed by atoms with E-state index in [1.54, 1.807) is 17.6 Å². The van der Waals surface area contributed by atoms with E-state index in [1.807, 2.05) is 28.8 Å². The molecule has 5 heteroatoms. The van der Waals surface area contributed by atoms with Crippen molar-refractivity contribution in [1.82, 2.24) is 10.3 Å². The van der Waals surface area contributed by atoms with Gasteiger partial charge in [-0.25, -0.2) is 4.98 Å². The lowest BCUT2D eigenvalue weighted by molar-refractivity contribution is 0.459. The maximum Gasteiger partial charge on any atom is 0.236 e. The van der Waals surface area contributed by atoms with Gasteiger partial charge in [-0.2, -0.15) is 0 Å². The molecule has 0 bridgehead atoms. The van der Waals surface area contributed by atoms with Gasteiger partial charge in [0.05, 0.1) is 10.6 Å². The molecule has 3 heterocycles. The van der Waals surface area contributed by atoms with Crippen LogP contribution < -0.4 is 5.32 Å². The topological polar surface area (TPSA) is 38.1 Å². The molecule has 1 aliphatic carbocycles. The molecule has 1 unspecified atom stereocenters. The smallest absolute Gasteiger partial charge is 0.236 e. The number of nitrogens with zero attached hydrogens (tertiary/aromatic N) is 1. The molecular weight excluding hydrogens is 300 g/mol. The predicted molar refractivity (Wildman–Crippen MR) is 86.7 cm³/mol. The zero-order valence-corrected chi connectivity index (χ0v) is 13.2. The van der Waals surface area contributed by atoms with Crippen LogP contribution in [0.5, 0.6) is 0 Å². The lowest BCUT2D eigenvalue weighted by Crippen LogP contribution is -2.23. The highest BCUT2D eigenvalue weighted by Gasteiger charge is 2.21. The number of nitrogens with one attached hydrogen (secondary N) is 1. The van der Waals surface area contributed by atoms with Gasteiger partial charge in [0, 0.05) is 17.5 Å². The van der Waals surface area contributed by atoms with Crippen molar-refractivity contribution in [1.29, 1.82) is 0 Å². The summed E-state index contributed by atoms with van der Waals surface area (Å²) in [4.78, 5) is 7.19. The quantitative estimate of drug-likeness (QED) is 0.762. The van der Waals surface area contributed by atoms with Gasteiger partial charge in [0.25, 0.3) is 0 Å². The van der Waals surface area contributed by atoms with Crippen LogP contribution in [0.25, 0.3) is 10.8 Å². The largest absolute Gasteiger partial charge is 0.444 e. The van der Waals surface area contributed by atoms with Crippen LogP contribution in [0.4, 0.5) is 0 Å². The average molecular weight is 316 g/mol. The third kappa shape index (κ3) is 2.69. The summed E-state index contributed by atoms with van der Waals surface area (Å²) in [6.45, 7) is 0.759. The minimum Gasteiger partial charge on any atom is -0.444 e. The first kappa shape index (κ1) is 13.2. The summed E-state index contributed by atoms with van der Waals surface area (Å²) in [5, 5.41) is 7.87. The van der Waals surface area contributed by atoms with Gasteiger partial charge in [0.2, 0.25) is 5.89 Å². The summed E-state index contributed by atoms with van der Waals surface area (Å²) in [7, 11) is 0. The maximum absolute atomic E-state index is 5.56. The molecule has 0 saturated carbocycles. The molecule has 108 valence electrons. The number of thiophene rings is 2. The molecule has 3 aromatic rings. The molecule has 0 saturated heterocycles. The van der Waals surface area contributed by atoms with E-state index in [4.69, 9.17) is 4.42 Å². The summed E-state index contributed by atoms with van der Waals surface area (Å²) in [5.74, 6) is 0.724. The van der Waals surface area contributed by atoms with E-state index in [1.165, 1.54) is 29.7 Å². The third-order valence-corrected chi connectivity index (χ3v) is 5.72. The number of hydrogen-bond acceptors (Lipinski definition) is 5. The molecule has 0 radical (unpaired) electrons. The van der Waals surface area contributed by atoms with Crippen LogP contribution in [0.3, 0.4) is 0 Å². The van der Waals surface area contributed by atoms with Crippen LogP contribution in [0.15, 0.2) is 39.6 Å². The second kappa shape index (κ2) is 5.75. The molecule has 0 fully saturated rings. The Kier molecular flexibility index (Phi) is 3.63. The normalized spacial score (nSPS) is 17.8. The molecule has 0 aromatic carbocycles. The first-order chi connectivity index (χ1) is 10.4. The fourth-order valence-electron chi connectivity index (χ4n) is 2.83. The van der Waals surface area contributed by atoms with Gasteiger partial charge >= 0.3 is 0 Å². The minimum absolute atomic E-state index is 0.460. The molecule has 0 aliphatic heterocycles. The van der Waals surface area contributed by atoms with Gasteiger partial charge in [-0.3, -0.25) is 0 Å². The van der Waals surface area contributed by atoms with Crippen molar-refractivity contribution in [3.63, 3.8) is 0 Å². The molecular formula is C16H16N2OS2. The third-order valence-electron chi connectivity index (χ3n) is 3.87. The van der Waals surface area contributed by atoms with Crippen molar-refractivity contribution in [2.24, 2.45) is 0 Å². The zero-order valence-electron chi connectivity index (χ0n) is 11.5. The van der Waals surface area contributed by atoms with Crippen LogP contribution in [0, 0.1) is 0 Å². The fraction of sp³-hybridized carbons (Fsp3) is 0.312. The summed E-state index contributed by atoms with van der Waals surface area (Å²) in [5.41, 5.74) is 2.45. The standard InChI is InChI=1S/C16H16N2OS2/c1-3-13(12-6-8-21-14(12)4-1)17-9-11-10-19-16(18-11)15-5-2-7-20-15/h2,5-8,10,13,17H,1,3-4,9H2. The highest BCUT2D eigenvalue weighted by molar-refractivity contribution is 7.13. The van der Waals surface area contributed by atoms with Crippen LogP contribution in [-0.2, 0) is 13.0 Å². The highest BCUT2D eigenvalue weighted by atomic mass is 32.1. The Bertz CT molecular complexity index is 714. The number of rotatable bonds is 4. The molecule has 1 N–H and O–H groups in total. The maximum atomic E-state index is 5.56. The SMILES string of the molecule is c1csc(-c2nc(CNC3CCCc4sccc43)co2)c1. The average Bonchev–Trinajstić information content (AvgIpc) is 3.23. The van der Waals surface area contributed by atoms with Crippen molar-refractivity contribution in [3.8, 4) is 10.8 Å². The number of fused-ring (bicyclic) bond motifs is 1. The second-order valence-corrected chi connectivity index (χ2v) is 7.19. The Morgan fingerprint density at radius 2 is 2.29 bits per heavy atom. The first-order valence-electron chi connectivity index (χ1n) is 7.18. The lowest BCUT2D eigenvalue weighted by Gasteiger charge is -2.23. The summed E-state index contributed by atoms with van der Waals surface area (Å²) < 4.78 is 5.56. The van der Waals surface area contributed by atoms with Crippen molar-refractivity contribution in [3.05, 3.63) is 51.4 Å². The number of aryl methyl sites for hydroxylation is 1. The molecule has 0 spiro atoms. The number of aromatic nitrogens is 1. The Labute approximate surface area is 131 Å². The summed E-state index contributed by atoms with van der Waals surface area (Å²) in [6, 6.07) is 6.77. The Balaban J connectivity index is 1.44. The van der Waals surface area contributed by atoms with Gasteiger partial charge in [-0.05, 0) is 47.7 Å². The van der Waals surface area contributed by atoms with Crippen LogP contribution in [0.2, 0.25) is 0 Å². The lowest BCUT2D eigenvalue weighted by atomic mass is 9.94. The monoisotopic (exact) mass is 316 g/mol. The molecule has 21 heavy (non-hydrogen) atoms. The Morgan fingerprint density at radius 3 is 3.19 bits per heavy atom. The molecule has 4 rings (SSSR count). The second-order valence-electron chi connectivity index (χ2n) is 5.25. The Morgan fingerprint density at radius 1 is 1.29 bits per heavy atom. The van der Waals surface area contributed by atoms with Crippen molar-refractivity contribution >= 4 is 22.7 Å². The van der Waals surface area contributed by atoms with E-state index in [0.717, 1.165) is 23.0 Å². The highest BCUT2D eigenvalue weighted by Crippen LogP contribution is 2.33. The molecule has 0 amide bonds. The predicted octanol–water partition coefficient (Wildman–Crippen LogP) is 4.63. The first-order valence-corrected chi connectivity index (χ1v) is 8.94. The van der Waals surface area contributed by atoms with Gasteiger partial charge in [0.15, 0.2) is 0 Å². The van der Waals surface area contributed by atoms with E-state index in [-0.39, 0.29) is 0 Å². The molecule has 1 aliphatic rings. The van der Waals surface area contributed by atoms with Gasteiger partial charge in [-0.1, -0.05) is 6.07 Å². The Hall–Kier alpha value is -1.43. The van der Waals surface area contributed by atoms with Gasteiger partial charge in [0.1, 0.15) is 6.26 Å². The van der Waals surface area contributed by atoms with Gasteiger partial charge in [-0.15, -0.1) is 22.7 Å². The minimum atomic E-state index is 0.460. The van der Waals surface area contributed by atoms with E-state index in [2.05, 4.69) is 21.7 Å². The van der Waals surface area contributed by atoms with Crippen LogP contribution >= 0.6 is 22.7 Å². The van der Waals surface area contributed by atoms with Crippen LogP contribution in [0.1, 0.15) is 35.0 Å². The zero-order chi connectivity index (χ0) is 14.1. The van der Waals surface area contributed by atoms with E-state index < -0.39 is 0 Å². The number of hydrogen-bond donors (Lipinski definition) is 1. The van der Waals surface area contributed by atoms with E-state index in [0.29, 0.717) is 6.04 Å². The van der Waals surface area contributed by atoms with Crippen molar-refractivity contribution in [2.75, 3.05) is 0 Å². The molecule has 3 aromatic heterocycles. The van der Waals surface area contributed by atoms with Crippen LogP contribution in [-0.4, -0.2) is 4.98 Å². The summed E-state index contributed by atoms with van der Waals surface area (Å²) >= 11 is 3.53. The van der Waals surface area contributed by atoms with E-state index in [9.17, 15) is 0 Å². The van der Waals surface area contributed by atoms with Gasteiger partial charge < -0.3 is 9.73 Å².